The maximum atomic E-state index is 13.6. The smallest absolute Gasteiger partial charge is 0.220 e. The number of carbonyl (C=O) groups excluding carboxylic acids is 1. The van der Waals surface area contributed by atoms with E-state index in [0.717, 1.165) is 12.0 Å². The van der Waals surface area contributed by atoms with E-state index in [2.05, 4.69) is 36.3 Å². The van der Waals surface area contributed by atoms with Crippen molar-refractivity contribution >= 4 is 5.91 Å². The number of carbonyl (C=O) groups is 1. The minimum absolute atomic E-state index is 0.166. The molecule has 0 fully saturated rings. The van der Waals surface area contributed by atoms with Crippen molar-refractivity contribution in [2.45, 2.75) is 39.7 Å². The van der Waals surface area contributed by atoms with Crippen molar-refractivity contribution in [3.05, 3.63) is 77.6 Å². The zero-order valence-corrected chi connectivity index (χ0v) is 16.2. The second-order valence-corrected chi connectivity index (χ2v) is 7.28. The fourth-order valence-corrected chi connectivity index (χ4v) is 2.98. The van der Waals surface area contributed by atoms with Gasteiger partial charge in [-0.25, -0.2) is 9.37 Å². The molecule has 1 heterocycles. The molecular weight excluding hydrogens is 355 g/mol. The fourth-order valence-electron chi connectivity index (χ4n) is 2.98. The fraction of sp³-hybridized carbons (Fsp3) is 0.304. The van der Waals surface area contributed by atoms with Crippen LogP contribution in [-0.4, -0.2) is 10.9 Å². The predicted octanol–water partition coefficient (Wildman–Crippen LogP) is 4.93. The van der Waals surface area contributed by atoms with E-state index in [1.165, 1.54) is 11.6 Å². The molecule has 146 valence electrons. The molecule has 3 aromatic rings. The molecule has 0 aliphatic carbocycles. The minimum Gasteiger partial charge on any atom is -0.441 e. The Hall–Kier alpha value is -2.95. The van der Waals surface area contributed by atoms with Gasteiger partial charge in [0.25, 0.3) is 0 Å². The summed E-state index contributed by atoms with van der Waals surface area (Å²) < 4.78 is 19.3. The van der Waals surface area contributed by atoms with Gasteiger partial charge in [-0.15, -0.1) is 0 Å². The Kier molecular flexibility index (Phi) is 6.58. The van der Waals surface area contributed by atoms with Crippen LogP contribution in [0.3, 0.4) is 0 Å². The topological polar surface area (TPSA) is 55.1 Å². The highest BCUT2D eigenvalue weighted by atomic mass is 19.1. The highest BCUT2D eigenvalue weighted by Crippen LogP contribution is 2.22. The van der Waals surface area contributed by atoms with Gasteiger partial charge < -0.3 is 9.73 Å². The third kappa shape index (κ3) is 5.52. The van der Waals surface area contributed by atoms with Gasteiger partial charge in [-0.3, -0.25) is 4.79 Å². The molecule has 1 aromatic heterocycles. The predicted molar refractivity (Wildman–Crippen MR) is 107 cm³/mol. The molecule has 0 bridgehead atoms. The Balaban J connectivity index is 1.50. The molecule has 0 aliphatic heterocycles. The summed E-state index contributed by atoms with van der Waals surface area (Å²) in [5, 5.41) is 2.72. The van der Waals surface area contributed by atoms with E-state index >= 15 is 0 Å². The van der Waals surface area contributed by atoms with Crippen LogP contribution in [0.25, 0.3) is 11.3 Å². The number of amides is 1. The monoisotopic (exact) mass is 380 g/mol. The first-order chi connectivity index (χ1) is 13.5. The molecule has 0 spiro atoms. The van der Waals surface area contributed by atoms with Crippen molar-refractivity contribution < 1.29 is 13.6 Å². The van der Waals surface area contributed by atoms with Gasteiger partial charge in [0, 0.05) is 30.5 Å². The van der Waals surface area contributed by atoms with Crippen molar-refractivity contribution in [2.24, 2.45) is 5.92 Å². The summed E-state index contributed by atoms with van der Waals surface area (Å²) in [5.41, 5.74) is 2.73. The molecule has 0 saturated heterocycles. The Morgan fingerprint density at radius 1 is 1.14 bits per heavy atom. The number of aromatic nitrogens is 1. The van der Waals surface area contributed by atoms with E-state index in [1.807, 2.05) is 12.1 Å². The molecule has 0 unspecified atom stereocenters. The van der Waals surface area contributed by atoms with Crippen LogP contribution in [0.2, 0.25) is 0 Å². The molecular formula is C23H25FN2O2. The molecule has 28 heavy (non-hydrogen) atoms. The first kappa shape index (κ1) is 19.8. The van der Waals surface area contributed by atoms with Gasteiger partial charge in [-0.05, 0) is 24.0 Å². The summed E-state index contributed by atoms with van der Waals surface area (Å²) in [6.45, 7) is 4.57. The maximum absolute atomic E-state index is 13.6. The van der Waals surface area contributed by atoms with E-state index in [1.54, 1.807) is 24.4 Å². The molecule has 0 radical (unpaired) electrons. The second kappa shape index (κ2) is 9.31. The average Bonchev–Trinajstić information content (AvgIpc) is 3.15. The molecule has 4 nitrogen and oxygen atoms in total. The maximum Gasteiger partial charge on any atom is 0.220 e. The van der Waals surface area contributed by atoms with Crippen LogP contribution >= 0.6 is 0 Å². The lowest BCUT2D eigenvalue weighted by Gasteiger charge is -2.05. The van der Waals surface area contributed by atoms with Crippen LogP contribution in [0.1, 0.15) is 37.3 Å². The number of rotatable bonds is 8. The van der Waals surface area contributed by atoms with Gasteiger partial charge in [0.1, 0.15) is 5.82 Å². The van der Waals surface area contributed by atoms with Crippen molar-refractivity contribution in [2.75, 3.05) is 0 Å². The summed E-state index contributed by atoms with van der Waals surface area (Å²) in [4.78, 5) is 16.3. The lowest BCUT2D eigenvalue weighted by molar-refractivity contribution is -0.121. The van der Waals surface area contributed by atoms with Crippen LogP contribution in [0.4, 0.5) is 4.39 Å². The van der Waals surface area contributed by atoms with Gasteiger partial charge >= 0.3 is 0 Å². The summed E-state index contributed by atoms with van der Waals surface area (Å²) in [6, 6.07) is 14.7. The molecule has 0 aliphatic rings. The largest absolute Gasteiger partial charge is 0.441 e. The van der Waals surface area contributed by atoms with E-state index in [-0.39, 0.29) is 24.7 Å². The number of hydrogen-bond acceptors (Lipinski definition) is 3. The first-order valence-corrected chi connectivity index (χ1v) is 9.55. The molecule has 5 heteroatoms. The molecule has 2 aromatic carbocycles. The van der Waals surface area contributed by atoms with Gasteiger partial charge in [0.05, 0.1) is 6.20 Å². The Bertz CT molecular complexity index is 916. The van der Waals surface area contributed by atoms with E-state index < -0.39 is 0 Å². The number of aryl methyl sites for hydroxylation is 1. The zero-order chi connectivity index (χ0) is 19.9. The van der Waals surface area contributed by atoms with Gasteiger partial charge in [0.15, 0.2) is 11.7 Å². The van der Waals surface area contributed by atoms with E-state index in [4.69, 9.17) is 4.42 Å². The Labute approximate surface area is 164 Å². The van der Waals surface area contributed by atoms with Gasteiger partial charge in [-0.2, -0.15) is 0 Å². The third-order valence-electron chi connectivity index (χ3n) is 4.44. The minimum atomic E-state index is -0.320. The third-order valence-corrected chi connectivity index (χ3v) is 4.44. The molecule has 1 N–H and O–H groups in total. The lowest BCUT2D eigenvalue weighted by Crippen LogP contribution is -2.23. The van der Waals surface area contributed by atoms with Crippen molar-refractivity contribution in [3.63, 3.8) is 0 Å². The summed E-state index contributed by atoms with van der Waals surface area (Å²) in [6.07, 6.45) is 3.37. The lowest BCUT2D eigenvalue weighted by atomic mass is 10.0. The summed E-state index contributed by atoms with van der Waals surface area (Å²) in [7, 11) is 0. The zero-order valence-electron chi connectivity index (χ0n) is 16.2. The highest BCUT2D eigenvalue weighted by Gasteiger charge is 2.10. The average molecular weight is 380 g/mol. The molecule has 0 atom stereocenters. The summed E-state index contributed by atoms with van der Waals surface area (Å²) >= 11 is 0. The standard InChI is InChI=1S/C23H25FN2O2/c1-16(2)13-17-7-9-18(10-8-17)21-15-26-23(28-21)12-11-22(27)25-14-19-5-3-4-6-20(19)24/h3-10,15-16H,11-14H2,1-2H3,(H,25,27). The van der Waals surface area contributed by atoms with Crippen LogP contribution < -0.4 is 5.32 Å². The van der Waals surface area contributed by atoms with E-state index in [9.17, 15) is 9.18 Å². The van der Waals surface area contributed by atoms with E-state index in [0.29, 0.717) is 29.6 Å². The first-order valence-electron chi connectivity index (χ1n) is 9.55. The molecule has 0 saturated carbocycles. The van der Waals surface area contributed by atoms with Gasteiger partial charge in [-0.1, -0.05) is 56.3 Å². The normalized spacial score (nSPS) is 11.0. The van der Waals surface area contributed by atoms with Crippen LogP contribution in [0.5, 0.6) is 0 Å². The number of oxazole rings is 1. The second-order valence-electron chi connectivity index (χ2n) is 7.28. The molecule has 1 amide bonds. The van der Waals surface area contributed by atoms with Gasteiger partial charge in [0.2, 0.25) is 5.91 Å². The Morgan fingerprint density at radius 2 is 1.89 bits per heavy atom. The SMILES string of the molecule is CC(C)Cc1ccc(-c2cnc(CCC(=O)NCc3ccccc3F)o2)cc1. The number of nitrogens with one attached hydrogen (secondary N) is 1. The van der Waals surface area contributed by atoms with Crippen molar-refractivity contribution in [1.29, 1.82) is 0 Å². The van der Waals surface area contributed by atoms with Crippen LogP contribution in [-0.2, 0) is 24.2 Å². The number of nitrogens with zero attached hydrogens (tertiary/aromatic N) is 1. The molecule has 3 rings (SSSR count). The summed E-state index contributed by atoms with van der Waals surface area (Å²) in [5.74, 6) is 1.34. The Morgan fingerprint density at radius 3 is 2.61 bits per heavy atom. The number of halogens is 1. The van der Waals surface area contributed by atoms with Crippen LogP contribution in [0.15, 0.2) is 59.1 Å². The number of benzene rings is 2. The van der Waals surface area contributed by atoms with Crippen LogP contribution in [0, 0.1) is 11.7 Å². The van der Waals surface area contributed by atoms with Crippen molar-refractivity contribution in [1.82, 2.24) is 10.3 Å². The number of hydrogen-bond donors (Lipinski definition) is 1. The quantitative estimate of drug-likeness (QED) is 0.603. The van der Waals surface area contributed by atoms with Crippen molar-refractivity contribution in [3.8, 4) is 11.3 Å². The highest BCUT2D eigenvalue weighted by molar-refractivity contribution is 5.76.